The molecule has 172 valence electrons. The number of rotatable bonds is 9. The maximum atomic E-state index is 13.5. The van der Waals surface area contributed by atoms with Gasteiger partial charge in [-0.3, -0.25) is 4.79 Å². The van der Waals surface area contributed by atoms with Crippen molar-refractivity contribution in [2.45, 2.75) is 18.4 Å². The molecule has 3 rings (SSSR count). The van der Waals surface area contributed by atoms with Crippen molar-refractivity contribution in [3.8, 4) is 11.5 Å². The van der Waals surface area contributed by atoms with E-state index in [4.69, 9.17) is 4.74 Å². The molecule has 0 aliphatic carbocycles. The van der Waals surface area contributed by atoms with Crippen LogP contribution in [0.3, 0.4) is 0 Å². The number of carbonyl (C=O) groups excluding carboxylic acids is 1. The van der Waals surface area contributed by atoms with Crippen LogP contribution in [0.4, 0.5) is 0 Å². The number of aromatic hydroxyl groups is 1. The third kappa shape index (κ3) is 6.41. The van der Waals surface area contributed by atoms with Crippen LogP contribution < -0.4 is 10.2 Å². The number of methoxy groups -OCH3 is 1. The van der Waals surface area contributed by atoms with Crippen LogP contribution in [-0.4, -0.2) is 43.6 Å². The molecule has 3 aromatic carbocycles. The van der Waals surface area contributed by atoms with Gasteiger partial charge in [0.25, 0.3) is 5.91 Å². The van der Waals surface area contributed by atoms with E-state index in [1.165, 1.54) is 31.5 Å². The van der Waals surface area contributed by atoms with Crippen molar-refractivity contribution < 1.29 is 23.1 Å². The number of benzene rings is 3. The summed E-state index contributed by atoms with van der Waals surface area (Å²) in [6, 6.07) is 20.1. The van der Waals surface area contributed by atoms with Gasteiger partial charge in [-0.2, -0.15) is 9.41 Å². The molecular weight excluding hydrogens is 442 g/mol. The van der Waals surface area contributed by atoms with E-state index in [0.717, 1.165) is 15.4 Å². The summed E-state index contributed by atoms with van der Waals surface area (Å²) in [7, 11) is -2.67. The van der Waals surface area contributed by atoms with Gasteiger partial charge in [0, 0.05) is 6.54 Å². The number of phenolic OH excluding ortho intramolecular Hbond substituents is 1. The molecule has 0 aliphatic rings. The van der Waals surface area contributed by atoms with E-state index in [1.54, 1.807) is 55.5 Å². The number of amides is 1. The first-order chi connectivity index (χ1) is 15.8. The Morgan fingerprint density at radius 2 is 1.79 bits per heavy atom. The third-order valence-corrected chi connectivity index (χ3v) is 6.57. The molecule has 0 saturated heterocycles. The largest absolute Gasteiger partial charge is 0.508 e. The number of phenols is 1. The summed E-state index contributed by atoms with van der Waals surface area (Å²) >= 11 is 0. The number of nitrogens with zero attached hydrogens (tertiary/aromatic N) is 2. The van der Waals surface area contributed by atoms with E-state index in [-0.39, 0.29) is 22.9 Å². The van der Waals surface area contributed by atoms with Gasteiger partial charge in [0.05, 0.1) is 19.9 Å². The molecule has 3 aromatic rings. The van der Waals surface area contributed by atoms with Crippen LogP contribution in [0.1, 0.15) is 16.7 Å². The normalized spacial score (nSPS) is 11.6. The molecule has 0 unspecified atom stereocenters. The fraction of sp³-hybridized carbons (Fsp3) is 0.167. The van der Waals surface area contributed by atoms with Crippen molar-refractivity contribution in [1.29, 1.82) is 0 Å². The Labute approximate surface area is 193 Å². The van der Waals surface area contributed by atoms with Crippen molar-refractivity contribution in [3.63, 3.8) is 0 Å². The summed E-state index contributed by atoms with van der Waals surface area (Å²) in [5, 5.41) is 13.2. The van der Waals surface area contributed by atoms with Gasteiger partial charge in [-0.25, -0.2) is 13.8 Å². The van der Waals surface area contributed by atoms with Crippen LogP contribution in [0.25, 0.3) is 0 Å². The van der Waals surface area contributed by atoms with Gasteiger partial charge in [-0.15, -0.1) is 0 Å². The number of ether oxygens (including phenoxy) is 1. The number of hydrogen-bond donors (Lipinski definition) is 2. The minimum atomic E-state index is -4.07. The van der Waals surface area contributed by atoms with E-state index in [1.807, 2.05) is 6.07 Å². The number of hydrazone groups is 1. The lowest BCUT2D eigenvalue weighted by atomic mass is 10.2. The molecule has 0 fully saturated rings. The average molecular weight is 468 g/mol. The lowest BCUT2D eigenvalue weighted by Gasteiger charge is -2.23. The van der Waals surface area contributed by atoms with E-state index < -0.39 is 22.5 Å². The summed E-state index contributed by atoms with van der Waals surface area (Å²) in [6.07, 6.45) is 1.40. The van der Waals surface area contributed by atoms with Gasteiger partial charge in [0.2, 0.25) is 10.0 Å². The molecule has 0 aliphatic heterocycles. The molecule has 9 heteroatoms. The first kappa shape index (κ1) is 24.0. The molecule has 0 saturated carbocycles. The SMILES string of the molecule is COc1ccc(C)cc1S(=O)(=O)N(CC(=O)N/N=C/c1ccc(O)cc1)Cc1ccccc1. The number of carbonyl (C=O) groups is 1. The lowest BCUT2D eigenvalue weighted by Crippen LogP contribution is -2.39. The predicted molar refractivity (Wildman–Crippen MR) is 126 cm³/mol. The van der Waals surface area contributed by atoms with Gasteiger partial charge in [0.1, 0.15) is 16.4 Å². The molecule has 0 radical (unpaired) electrons. The van der Waals surface area contributed by atoms with Gasteiger partial charge in [0.15, 0.2) is 0 Å². The Balaban J connectivity index is 1.84. The second kappa shape index (κ2) is 10.8. The van der Waals surface area contributed by atoms with Crippen molar-refractivity contribution >= 4 is 22.1 Å². The number of nitrogens with one attached hydrogen (secondary N) is 1. The predicted octanol–water partition coefficient (Wildman–Crippen LogP) is 3.05. The zero-order chi connectivity index (χ0) is 23.8. The van der Waals surface area contributed by atoms with Gasteiger partial charge >= 0.3 is 0 Å². The van der Waals surface area contributed by atoms with Crippen LogP contribution in [-0.2, 0) is 21.4 Å². The molecule has 1 amide bonds. The summed E-state index contributed by atoms with van der Waals surface area (Å²) < 4.78 is 33.4. The summed E-state index contributed by atoms with van der Waals surface area (Å²) in [5.74, 6) is -0.287. The van der Waals surface area contributed by atoms with E-state index in [0.29, 0.717) is 5.56 Å². The van der Waals surface area contributed by atoms with Crippen LogP contribution >= 0.6 is 0 Å². The van der Waals surface area contributed by atoms with Crippen molar-refractivity contribution in [2.24, 2.45) is 5.10 Å². The second-order valence-corrected chi connectivity index (χ2v) is 9.20. The standard InChI is InChI=1S/C24H25N3O5S/c1-18-8-13-22(32-2)23(14-18)33(30,31)27(16-20-6-4-3-5-7-20)17-24(29)26-25-15-19-9-11-21(28)12-10-19/h3-15,28H,16-17H2,1-2H3,(H,26,29)/b25-15+. The van der Waals surface area contributed by atoms with Gasteiger partial charge in [-0.1, -0.05) is 36.4 Å². The maximum absolute atomic E-state index is 13.5. The zero-order valence-corrected chi connectivity index (χ0v) is 19.1. The second-order valence-electron chi connectivity index (χ2n) is 7.30. The van der Waals surface area contributed by atoms with E-state index in [9.17, 15) is 18.3 Å². The first-order valence-corrected chi connectivity index (χ1v) is 11.5. The molecular formula is C24H25N3O5S. The maximum Gasteiger partial charge on any atom is 0.255 e. The van der Waals surface area contributed by atoms with E-state index >= 15 is 0 Å². The minimum absolute atomic E-state index is 0.00460. The Hall–Kier alpha value is -3.69. The molecule has 0 spiro atoms. The van der Waals surface area contributed by atoms with Crippen LogP contribution in [0.2, 0.25) is 0 Å². The smallest absolute Gasteiger partial charge is 0.255 e. The van der Waals surface area contributed by atoms with Crippen molar-refractivity contribution in [3.05, 3.63) is 89.5 Å². The van der Waals surface area contributed by atoms with Gasteiger partial charge < -0.3 is 9.84 Å². The first-order valence-electron chi connectivity index (χ1n) is 10.1. The quantitative estimate of drug-likeness (QED) is 0.371. The van der Waals surface area contributed by atoms with Crippen molar-refractivity contribution in [1.82, 2.24) is 9.73 Å². The summed E-state index contributed by atoms with van der Waals surface area (Å²) in [5.41, 5.74) is 4.49. The Morgan fingerprint density at radius 3 is 2.45 bits per heavy atom. The number of sulfonamides is 1. The van der Waals surface area contributed by atoms with Crippen molar-refractivity contribution in [2.75, 3.05) is 13.7 Å². The highest BCUT2D eigenvalue weighted by atomic mass is 32.2. The molecule has 0 aromatic heterocycles. The van der Waals surface area contributed by atoms with Crippen LogP contribution in [0.15, 0.2) is 82.8 Å². The average Bonchev–Trinajstić information content (AvgIpc) is 2.80. The van der Waals surface area contributed by atoms with Crippen LogP contribution in [0, 0.1) is 6.92 Å². The zero-order valence-electron chi connectivity index (χ0n) is 18.3. The summed E-state index contributed by atoms with van der Waals surface area (Å²) in [6.45, 7) is 1.33. The minimum Gasteiger partial charge on any atom is -0.508 e. The summed E-state index contributed by atoms with van der Waals surface area (Å²) in [4.78, 5) is 12.6. The van der Waals surface area contributed by atoms with Gasteiger partial charge in [-0.05, 0) is 60.0 Å². The molecule has 0 bridgehead atoms. The molecule has 2 N–H and O–H groups in total. The number of aryl methyl sites for hydroxylation is 1. The van der Waals surface area contributed by atoms with Crippen LogP contribution in [0.5, 0.6) is 11.5 Å². The fourth-order valence-electron chi connectivity index (χ4n) is 3.07. The lowest BCUT2D eigenvalue weighted by molar-refractivity contribution is -0.121. The third-order valence-electron chi connectivity index (χ3n) is 4.75. The molecule has 33 heavy (non-hydrogen) atoms. The highest BCUT2D eigenvalue weighted by Crippen LogP contribution is 2.28. The highest BCUT2D eigenvalue weighted by molar-refractivity contribution is 7.89. The number of hydrogen-bond acceptors (Lipinski definition) is 6. The fourth-order valence-corrected chi connectivity index (χ4v) is 4.70. The topological polar surface area (TPSA) is 108 Å². The van der Waals surface area contributed by atoms with E-state index in [2.05, 4.69) is 10.5 Å². The molecule has 0 atom stereocenters. The Bertz CT molecular complexity index is 1230. The Kier molecular flexibility index (Phi) is 7.81. The Morgan fingerprint density at radius 1 is 1.09 bits per heavy atom. The molecule has 8 nitrogen and oxygen atoms in total. The molecule has 0 heterocycles. The monoisotopic (exact) mass is 467 g/mol. The highest BCUT2D eigenvalue weighted by Gasteiger charge is 2.30.